The lowest BCUT2D eigenvalue weighted by atomic mass is 10.2. The van der Waals surface area contributed by atoms with Crippen molar-refractivity contribution in [1.29, 1.82) is 0 Å². The maximum absolute atomic E-state index is 10.8. The molecule has 0 radical (unpaired) electrons. The van der Waals surface area contributed by atoms with Crippen molar-refractivity contribution >= 4 is 12.0 Å². The molecule has 1 heterocycles. The molecule has 0 bridgehead atoms. The van der Waals surface area contributed by atoms with E-state index in [-0.39, 0.29) is 11.3 Å². The van der Waals surface area contributed by atoms with E-state index in [1.165, 1.54) is 24.4 Å². The third-order valence-corrected chi connectivity index (χ3v) is 2.49. The molecule has 0 aliphatic carbocycles. The molecule has 0 saturated heterocycles. The molecule has 7 nitrogen and oxygen atoms in total. The minimum atomic E-state index is -0.609. The van der Waals surface area contributed by atoms with Crippen molar-refractivity contribution in [3.05, 3.63) is 46.3 Å². The van der Waals surface area contributed by atoms with Gasteiger partial charge in [0.15, 0.2) is 12.0 Å². The van der Waals surface area contributed by atoms with Gasteiger partial charge in [0.05, 0.1) is 22.9 Å². The number of carbonyl (C=O) groups excluding carboxylic acids is 1. The van der Waals surface area contributed by atoms with Gasteiger partial charge in [-0.15, -0.1) is 0 Å². The summed E-state index contributed by atoms with van der Waals surface area (Å²) in [6.07, 6.45) is 3.66. The van der Waals surface area contributed by atoms with Crippen LogP contribution in [0.25, 0.3) is 0 Å². The van der Waals surface area contributed by atoms with Gasteiger partial charge in [-0.05, 0) is 19.1 Å². The average molecular weight is 261 g/mol. The molecule has 1 aromatic heterocycles. The summed E-state index contributed by atoms with van der Waals surface area (Å²) in [4.78, 5) is 20.9. The van der Waals surface area contributed by atoms with Gasteiger partial charge in [0.1, 0.15) is 5.75 Å². The summed E-state index contributed by atoms with van der Waals surface area (Å²) in [6.45, 7) is 2.65. The summed E-state index contributed by atoms with van der Waals surface area (Å²) >= 11 is 0. The summed E-state index contributed by atoms with van der Waals surface area (Å²) in [7, 11) is 0. The van der Waals surface area contributed by atoms with Crippen LogP contribution in [0.5, 0.6) is 11.5 Å². The molecule has 0 spiro atoms. The molecule has 0 unspecified atom stereocenters. The Morgan fingerprint density at radius 1 is 1.47 bits per heavy atom. The lowest BCUT2D eigenvalue weighted by molar-refractivity contribution is -0.385. The largest absolute Gasteiger partial charge is 0.454 e. The number of carbonyl (C=O) groups is 1. The van der Waals surface area contributed by atoms with Gasteiger partial charge in [-0.3, -0.25) is 19.6 Å². The monoisotopic (exact) mass is 261 g/mol. The summed E-state index contributed by atoms with van der Waals surface area (Å²) < 4.78 is 7.16. The summed E-state index contributed by atoms with van der Waals surface area (Å²) in [5.41, 5.74) is -0.267. The molecule has 2 rings (SSSR count). The highest BCUT2D eigenvalue weighted by Gasteiger charge is 2.14. The molecule has 2 aromatic rings. The predicted octanol–water partition coefficient (Wildman–Crippen LogP) is 2.42. The lowest BCUT2D eigenvalue weighted by Crippen LogP contribution is -1.95. The van der Waals surface area contributed by atoms with E-state index in [2.05, 4.69) is 5.10 Å². The molecule has 0 aliphatic heterocycles. The number of nitrogens with zero attached hydrogens (tertiary/aromatic N) is 3. The van der Waals surface area contributed by atoms with Gasteiger partial charge in [-0.1, -0.05) is 0 Å². The first-order valence-electron chi connectivity index (χ1n) is 5.58. The normalized spacial score (nSPS) is 10.2. The van der Waals surface area contributed by atoms with Crippen LogP contribution >= 0.6 is 0 Å². The number of ether oxygens (including phenoxy) is 1. The zero-order chi connectivity index (χ0) is 13.8. The fourth-order valence-corrected chi connectivity index (χ4v) is 1.56. The third kappa shape index (κ3) is 2.76. The molecular weight excluding hydrogens is 250 g/mol. The molecule has 0 N–H and O–H groups in total. The van der Waals surface area contributed by atoms with Crippen molar-refractivity contribution in [3.8, 4) is 11.5 Å². The maximum atomic E-state index is 10.8. The zero-order valence-corrected chi connectivity index (χ0v) is 10.1. The molecular formula is C12H11N3O4. The number of nitro benzene ring substituents is 1. The highest BCUT2D eigenvalue weighted by Crippen LogP contribution is 2.26. The molecule has 7 heteroatoms. The Morgan fingerprint density at radius 3 is 2.84 bits per heavy atom. The average Bonchev–Trinajstić information content (AvgIpc) is 2.86. The number of rotatable bonds is 5. The number of nitro groups is 1. The number of aromatic nitrogens is 2. The molecule has 98 valence electrons. The first kappa shape index (κ1) is 12.7. The Bertz CT molecular complexity index is 621. The first-order chi connectivity index (χ1) is 9.13. The smallest absolute Gasteiger partial charge is 0.280 e. The molecule has 0 atom stereocenters. The van der Waals surface area contributed by atoms with E-state index in [9.17, 15) is 14.9 Å². The molecule has 0 amide bonds. The van der Waals surface area contributed by atoms with E-state index >= 15 is 0 Å². The van der Waals surface area contributed by atoms with Crippen LogP contribution in [0.15, 0.2) is 30.6 Å². The fourth-order valence-electron chi connectivity index (χ4n) is 1.56. The van der Waals surface area contributed by atoms with E-state index in [4.69, 9.17) is 4.74 Å². The van der Waals surface area contributed by atoms with Crippen molar-refractivity contribution in [3.63, 3.8) is 0 Å². The topological polar surface area (TPSA) is 87.3 Å². The molecule has 0 aliphatic rings. The van der Waals surface area contributed by atoms with Crippen LogP contribution in [0.3, 0.4) is 0 Å². The standard InChI is InChI=1S/C12H11N3O4/c1-2-14-7-11(6-13-14)19-10-3-4-12(15(17)18)9(5-10)8-16/h3-8H,2H2,1H3. The first-order valence-corrected chi connectivity index (χ1v) is 5.58. The highest BCUT2D eigenvalue weighted by molar-refractivity contribution is 5.82. The Kier molecular flexibility index (Phi) is 3.56. The van der Waals surface area contributed by atoms with Gasteiger partial charge in [0.2, 0.25) is 0 Å². The van der Waals surface area contributed by atoms with Crippen LogP contribution in [0.2, 0.25) is 0 Å². The molecule has 19 heavy (non-hydrogen) atoms. The van der Waals surface area contributed by atoms with Gasteiger partial charge >= 0.3 is 0 Å². The SMILES string of the molecule is CCn1cc(Oc2ccc([N+](=O)[O-])c(C=O)c2)cn1. The fraction of sp³-hybridized carbons (Fsp3) is 0.167. The lowest BCUT2D eigenvalue weighted by Gasteiger charge is -2.03. The van der Waals surface area contributed by atoms with Crippen molar-refractivity contribution in [2.24, 2.45) is 0 Å². The second-order valence-corrected chi connectivity index (χ2v) is 3.73. The minimum Gasteiger partial charge on any atom is -0.454 e. The summed E-state index contributed by atoms with van der Waals surface area (Å²) in [6, 6.07) is 4.01. The van der Waals surface area contributed by atoms with Crippen LogP contribution in [0.4, 0.5) is 5.69 Å². The maximum Gasteiger partial charge on any atom is 0.280 e. The van der Waals surface area contributed by atoms with E-state index < -0.39 is 4.92 Å². The van der Waals surface area contributed by atoms with Crippen molar-refractivity contribution in [2.75, 3.05) is 0 Å². The van der Waals surface area contributed by atoms with E-state index in [1.807, 2.05) is 6.92 Å². The van der Waals surface area contributed by atoms with Crippen LogP contribution in [0.1, 0.15) is 17.3 Å². The van der Waals surface area contributed by atoms with Gasteiger partial charge in [-0.2, -0.15) is 5.10 Å². The summed E-state index contributed by atoms with van der Waals surface area (Å²) in [5.74, 6) is 0.857. The number of benzene rings is 1. The van der Waals surface area contributed by atoms with Crippen LogP contribution in [-0.4, -0.2) is 21.0 Å². The van der Waals surface area contributed by atoms with Crippen molar-refractivity contribution < 1.29 is 14.5 Å². The van der Waals surface area contributed by atoms with Gasteiger partial charge in [-0.25, -0.2) is 0 Å². The zero-order valence-electron chi connectivity index (χ0n) is 10.1. The Labute approximate surface area is 108 Å². The predicted molar refractivity (Wildman–Crippen MR) is 66.5 cm³/mol. The second-order valence-electron chi connectivity index (χ2n) is 3.73. The van der Waals surface area contributed by atoms with E-state index in [0.29, 0.717) is 24.3 Å². The minimum absolute atomic E-state index is 0.0228. The summed E-state index contributed by atoms with van der Waals surface area (Å²) in [5, 5.41) is 14.7. The Hall–Kier alpha value is -2.70. The van der Waals surface area contributed by atoms with Gasteiger partial charge in [0.25, 0.3) is 5.69 Å². The van der Waals surface area contributed by atoms with E-state index in [1.54, 1.807) is 10.9 Å². The van der Waals surface area contributed by atoms with Gasteiger partial charge < -0.3 is 4.74 Å². The molecule has 0 fully saturated rings. The molecule has 1 aromatic carbocycles. The van der Waals surface area contributed by atoms with E-state index in [0.717, 1.165) is 0 Å². The van der Waals surface area contributed by atoms with Crippen LogP contribution < -0.4 is 4.74 Å². The Morgan fingerprint density at radius 2 is 2.26 bits per heavy atom. The quantitative estimate of drug-likeness (QED) is 0.468. The van der Waals surface area contributed by atoms with Crippen molar-refractivity contribution in [1.82, 2.24) is 9.78 Å². The Balaban J connectivity index is 2.26. The van der Waals surface area contributed by atoms with Crippen molar-refractivity contribution in [2.45, 2.75) is 13.5 Å². The second kappa shape index (κ2) is 5.30. The van der Waals surface area contributed by atoms with Crippen LogP contribution in [0, 0.1) is 10.1 Å². The highest BCUT2D eigenvalue weighted by atomic mass is 16.6. The number of aldehydes is 1. The molecule has 0 saturated carbocycles. The third-order valence-electron chi connectivity index (χ3n) is 2.49. The van der Waals surface area contributed by atoms with Gasteiger partial charge in [0, 0.05) is 12.6 Å². The van der Waals surface area contributed by atoms with Crippen LogP contribution in [-0.2, 0) is 6.54 Å². The number of hydrogen-bond donors (Lipinski definition) is 0. The number of aryl methyl sites for hydroxylation is 1. The number of hydrogen-bond acceptors (Lipinski definition) is 5.